The van der Waals surface area contributed by atoms with E-state index in [1.807, 2.05) is 12.1 Å². The third-order valence-corrected chi connectivity index (χ3v) is 1.50. The number of benzene rings is 1. The van der Waals surface area contributed by atoms with Gasteiger partial charge in [0.25, 0.3) is 0 Å². The Bertz CT molecular complexity index is 248. The maximum atomic E-state index is 10.2. The Balaban J connectivity index is 2.92. The van der Waals surface area contributed by atoms with Crippen LogP contribution in [0.2, 0.25) is 0 Å². The molecule has 0 aliphatic carbocycles. The van der Waals surface area contributed by atoms with E-state index in [1.54, 1.807) is 12.1 Å². The van der Waals surface area contributed by atoms with Crippen LogP contribution >= 0.6 is 0 Å². The zero-order valence-electron chi connectivity index (χ0n) is 6.16. The molecule has 11 heavy (non-hydrogen) atoms. The van der Waals surface area contributed by atoms with Crippen LogP contribution in [0.5, 0.6) is 0 Å². The highest BCUT2D eigenvalue weighted by atomic mass is 16.3. The monoisotopic (exact) mass is 150 g/mol. The molecule has 3 nitrogen and oxygen atoms in total. The molecule has 1 aromatic carbocycles. The van der Waals surface area contributed by atoms with Crippen LogP contribution in [0, 0.1) is 4.91 Å². The number of hydrogen-bond acceptors (Lipinski definition) is 3. The van der Waals surface area contributed by atoms with E-state index in [2.05, 4.69) is 5.18 Å². The van der Waals surface area contributed by atoms with Crippen LogP contribution in [-0.2, 0) is 6.42 Å². The van der Waals surface area contributed by atoms with Crippen molar-refractivity contribution in [2.45, 2.75) is 6.42 Å². The van der Waals surface area contributed by atoms with Gasteiger partial charge in [0, 0.05) is 0 Å². The molecule has 0 atom stereocenters. The lowest BCUT2D eigenvalue weighted by Gasteiger charge is -1.98. The fourth-order valence-corrected chi connectivity index (χ4v) is 0.967. The largest absolute Gasteiger partial charge is 0.330 e. The molecule has 0 amide bonds. The second-order valence-electron chi connectivity index (χ2n) is 2.26. The van der Waals surface area contributed by atoms with Gasteiger partial charge in [-0.25, -0.2) is 0 Å². The van der Waals surface area contributed by atoms with Gasteiger partial charge >= 0.3 is 0 Å². The normalized spacial score (nSPS) is 9.55. The highest BCUT2D eigenvalue weighted by molar-refractivity contribution is 5.45. The summed E-state index contributed by atoms with van der Waals surface area (Å²) in [6, 6.07) is 7.22. The van der Waals surface area contributed by atoms with E-state index in [0.29, 0.717) is 18.7 Å². The molecule has 3 heteroatoms. The molecule has 0 saturated carbocycles. The Morgan fingerprint density at radius 3 is 2.73 bits per heavy atom. The summed E-state index contributed by atoms with van der Waals surface area (Å²) in [6.45, 7) is 0.548. The molecule has 0 heterocycles. The van der Waals surface area contributed by atoms with Crippen molar-refractivity contribution in [2.24, 2.45) is 10.9 Å². The molecule has 58 valence electrons. The van der Waals surface area contributed by atoms with Crippen LogP contribution in [0.15, 0.2) is 29.4 Å². The van der Waals surface area contributed by atoms with Crippen molar-refractivity contribution in [3.63, 3.8) is 0 Å². The zero-order valence-corrected chi connectivity index (χ0v) is 6.16. The standard InChI is InChI=1S/C8H10N2O/c9-6-5-7-3-1-2-4-8(7)10-11/h1-4H,5-6,9H2. The van der Waals surface area contributed by atoms with Crippen LogP contribution < -0.4 is 5.73 Å². The van der Waals surface area contributed by atoms with Gasteiger partial charge in [-0.3, -0.25) is 0 Å². The minimum absolute atomic E-state index is 0.498. The van der Waals surface area contributed by atoms with Crippen molar-refractivity contribution >= 4 is 5.69 Å². The molecule has 0 aliphatic rings. The Kier molecular flexibility index (Phi) is 2.74. The maximum absolute atomic E-state index is 10.2. The lowest BCUT2D eigenvalue weighted by molar-refractivity contribution is 0.967. The van der Waals surface area contributed by atoms with Gasteiger partial charge in [0.15, 0.2) is 0 Å². The van der Waals surface area contributed by atoms with Crippen LogP contribution in [0.4, 0.5) is 5.69 Å². The van der Waals surface area contributed by atoms with E-state index >= 15 is 0 Å². The molecule has 0 aromatic heterocycles. The van der Waals surface area contributed by atoms with E-state index in [9.17, 15) is 4.91 Å². The lowest BCUT2D eigenvalue weighted by atomic mass is 10.1. The average molecular weight is 150 g/mol. The van der Waals surface area contributed by atoms with E-state index in [0.717, 1.165) is 5.56 Å². The molecule has 2 N–H and O–H groups in total. The van der Waals surface area contributed by atoms with E-state index in [1.165, 1.54) is 0 Å². The predicted molar refractivity (Wildman–Crippen MR) is 44.7 cm³/mol. The zero-order chi connectivity index (χ0) is 8.10. The molecule has 0 radical (unpaired) electrons. The first-order valence-electron chi connectivity index (χ1n) is 3.50. The van der Waals surface area contributed by atoms with Crippen LogP contribution in [0.3, 0.4) is 0 Å². The summed E-state index contributed by atoms with van der Waals surface area (Å²) < 4.78 is 0. The topological polar surface area (TPSA) is 55.4 Å². The fourth-order valence-electron chi connectivity index (χ4n) is 0.967. The van der Waals surface area contributed by atoms with Gasteiger partial charge in [-0.05, 0) is 29.8 Å². The summed E-state index contributed by atoms with van der Waals surface area (Å²) in [5.74, 6) is 0. The first-order valence-corrected chi connectivity index (χ1v) is 3.50. The Hall–Kier alpha value is -1.22. The number of rotatable bonds is 3. The van der Waals surface area contributed by atoms with Crippen LogP contribution in [0.1, 0.15) is 5.56 Å². The van der Waals surface area contributed by atoms with Crippen molar-refractivity contribution in [1.29, 1.82) is 0 Å². The van der Waals surface area contributed by atoms with Crippen molar-refractivity contribution in [3.05, 3.63) is 34.7 Å². The highest BCUT2D eigenvalue weighted by Gasteiger charge is 1.98. The SMILES string of the molecule is NCCc1ccccc1N=O. The van der Waals surface area contributed by atoms with E-state index in [-0.39, 0.29) is 0 Å². The minimum Gasteiger partial charge on any atom is -0.330 e. The van der Waals surface area contributed by atoms with Gasteiger partial charge in [0.05, 0.1) is 0 Å². The van der Waals surface area contributed by atoms with Crippen LogP contribution in [0.25, 0.3) is 0 Å². The molecule has 0 spiro atoms. The third kappa shape index (κ3) is 1.85. The lowest BCUT2D eigenvalue weighted by Crippen LogP contribution is -2.02. The Morgan fingerprint density at radius 2 is 2.09 bits per heavy atom. The quantitative estimate of drug-likeness (QED) is 0.665. The molecule has 0 unspecified atom stereocenters. The summed E-state index contributed by atoms with van der Waals surface area (Å²) in [4.78, 5) is 10.2. The molecular weight excluding hydrogens is 140 g/mol. The van der Waals surface area contributed by atoms with Crippen molar-refractivity contribution in [3.8, 4) is 0 Å². The summed E-state index contributed by atoms with van der Waals surface area (Å²) in [5.41, 5.74) is 6.76. The number of nitrogens with two attached hydrogens (primary N) is 1. The average Bonchev–Trinajstić information content (AvgIpc) is 2.06. The fraction of sp³-hybridized carbons (Fsp3) is 0.250. The summed E-state index contributed by atoms with van der Waals surface area (Å²) in [7, 11) is 0. The highest BCUT2D eigenvalue weighted by Crippen LogP contribution is 2.17. The summed E-state index contributed by atoms with van der Waals surface area (Å²) >= 11 is 0. The molecule has 0 saturated heterocycles. The molecular formula is C8H10N2O. The molecule has 0 bridgehead atoms. The number of nitroso groups, excluding NO2 is 1. The second kappa shape index (κ2) is 3.83. The van der Waals surface area contributed by atoms with Gasteiger partial charge in [0.2, 0.25) is 0 Å². The molecule has 0 aliphatic heterocycles. The number of hydrogen-bond donors (Lipinski definition) is 1. The van der Waals surface area contributed by atoms with E-state index in [4.69, 9.17) is 5.73 Å². The third-order valence-electron chi connectivity index (χ3n) is 1.50. The first-order chi connectivity index (χ1) is 5.38. The van der Waals surface area contributed by atoms with Gasteiger partial charge in [0.1, 0.15) is 5.69 Å². The molecule has 1 rings (SSSR count). The number of nitrogens with zero attached hydrogens (tertiary/aromatic N) is 1. The van der Waals surface area contributed by atoms with Gasteiger partial charge in [-0.15, -0.1) is 4.91 Å². The smallest absolute Gasteiger partial charge is 0.111 e. The first kappa shape index (κ1) is 7.88. The molecule has 1 aromatic rings. The van der Waals surface area contributed by atoms with Crippen molar-refractivity contribution in [1.82, 2.24) is 0 Å². The Labute approximate surface area is 65.2 Å². The van der Waals surface area contributed by atoms with Gasteiger partial charge in [-0.1, -0.05) is 18.2 Å². The van der Waals surface area contributed by atoms with Gasteiger partial charge < -0.3 is 5.73 Å². The Morgan fingerprint density at radius 1 is 1.36 bits per heavy atom. The van der Waals surface area contributed by atoms with Crippen molar-refractivity contribution < 1.29 is 0 Å². The van der Waals surface area contributed by atoms with Crippen molar-refractivity contribution in [2.75, 3.05) is 6.54 Å². The van der Waals surface area contributed by atoms with E-state index < -0.39 is 0 Å². The summed E-state index contributed by atoms with van der Waals surface area (Å²) in [6.07, 6.45) is 0.710. The minimum atomic E-state index is 0.498. The molecule has 0 fully saturated rings. The maximum Gasteiger partial charge on any atom is 0.111 e. The predicted octanol–water partition coefficient (Wildman–Crippen LogP) is 1.59. The second-order valence-corrected chi connectivity index (χ2v) is 2.26. The summed E-state index contributed by atoms with van der Waals surface area (Å²) in [5, 5.41) is 2.88. The van der Waals surface area contributed by atoms with Gasteiger partial charge in [-0.2, -0.15) is 0 Å². The van der Waals surface area contributed by atoms with Crippen LogP contribution in [-0.4, -0.2) is 6.54 Å².